The van der Waals surface area contributed by atoms with Crippen LogP contribution in [0.3, 0.4) is 0 Å². The maximum absolute atomic E-state index is 11.8. The molecule has 1 N–H and O–H groups in total. The third kappa shape index (κ3) is 3.79. The molecule has 1 aliphatic rings. The maximum Gasteiger partial charge on any atom is 0.410 e. The molecule has 0 radical (unpaired) electrons. The van der Waals surface area contributed by atoms with Gasteiger partial charge in [0.2, 0.25) is 0 Å². The number of amides is 1. The largest absolute Gasteiger partial charge is 0.497 e. The van der Waals surface area contributed by atoms with Gasteiger partial charge in [0.15, 0.2) is 0 Å². The normalized spacial score (nSPS) is 15.5. The van der Waals surface area contributed by atoms with Gasteiger partial charge in [0.25, 0.3) is 0 Å². The van der Waals surface area contributed by atoms with E-state index in [9.17, 15) is 4.79 Å². The number of rotatable bonds is 3. The van der Waals surface area contributed by atoms with Crippen molar-refractivity contribution >= 4 is 11.8 Å². The first-order valence-corrected chi connectivity index (χ1v) is 6.76. The van der Waals surface area contributed by atoms with Gasteiger partial charge >= 0.3 is 6.09 Å². The van der Waals surface area contributed by atoms with Gasteiger partial charge in [-0.1, -0.05) is 0 Å². The minimum atomic E-state index is -0.439. The van der Waals surface area contributed by atoms with Gasteiger partial charge in [-0.3, -0.25) is 0 Å². The molecule has 5 heteroatoms. The van der Waals surface area contributed by atoms with E-state index in [1.807, 2.05) is 45.0 Å². The van der Waals surface area contributed by atoms with E-state index in [2.05, 4.69) is 5.32 Å². The fourth-order valence-corrected chi connectivity index (χ4v) is 1.97. The van der Waals surface area contributed by atoms with Gasteiger partial charge in [0.05, 0.1) is 13.2 Å². The van der Waals surface area contributed by atoms with Crippen LogP contribution in [0.25, 0.3) is 0 Å². The van der Waals surface area contributed by atoms with Crippen molar-refractivity contribution in [1.29, 1.82) is 0 Å². The van der Waals surface area contributed by atoms with E-state index in [0.29, 0.717) is 13.1 Å². The lowest BCUT2D eigenvalue weighted by Crippen LogP contribution is -2.57. The van der Waals surface area contributed by atoms with Crippen LogP contribution in [0.1, 0.15) is 20.8 Å². The van der Waals surface area contributed by atoms with E-state index < -0.39 is 5.60 Å². The number of nitrogens with one attached hydrogen (secondary N) is 1. The molecule has 0 aliphatic carbocycles. The Morgan fingerprint density at radius 2 is 1.85 bits per heavy atom. The van der Waals surface area contributed by atoms with E-state index in [1.54, 1.807) is 12.0 Å². The molecule has 1 fully saturated rings. The van der Waals surface area contributed by atoms with Crippen LogP contribution in [0.15, 0.2) is 24.3 Å². The molecule has 1 aromatic carbocycles. The number of methoxy groups -OCH3 is 1. The molecule has 0 aromatic heterocycles. The molecular weight excluding hydrogens is 256 g/mol. The quantitative estimate of drug-likeness (QED) is 0.923. The number of anilines is 1. The van der Waals surface area contributed by atoms with Crippen molar-refractivity contribution in [3.8, 4) is 5.75 Å². The summed E-state index contributed by atoms with van der Waals surface area (Å²) in [6, 6.07) is 8.03. The Balaban J connectivity index is 1.77. The fraction of sp³-hybridized carbons (Fsp3) is 0.533. The molecule has 1 aromatic rings. The third-order valence-electron chi connectivity index (χ3n) is 2.99. The Bertz CT molecular complexity index is 459. The summed E-state index contributed by atoms with van der Waals surface area (Å²) >= 11 is 0. The van der Waals surface area contributed by atoms with Crippen molar-refractivity contribution in [2.45, 2.75) is 32.4 Å². The summed E-state index contributed by atoms with van der Waals surface area (Å²) in [4.78, 5) is 13.5. The second kappa shape index (κ2) is 5.61. The van der Waals surface area contributed by atoms with Crippen LogP contribution in [0.5, 0.6) is 5.75 Å². The summed E-state index contributed by atoms with van der Waals surface area (Å²) in [5, 5.41) is 3.37. The van der Waals surface area contributed by atoms with Crippen molar-refractivity contribution in [1.82, 2.24) is 4.90 Å². The van der Waals surface area contributed by atoms with Gasteiger partial charge in [0.1, 0.15) is 11.4 Å². The average molecular weight is 278 g/mol. The van der Waals surface area contributed by atoms with Crippen LogP contribution in [0.2, 0.25) is 0 Å². The zero-order chi connectivity index (χ0) is 14.8. The molecule has 1 aliphatic heterocycles. The standard InChI is InChI=1S/C15H22N2O3/c1-15(2,3)20-14(18)17-9-12(10-17)16-11-5-7-13(19-4)8-6-11/h5-8,12,16H,9-10H2,1-4H3. The Morgan fingerprint density at radius 3 is 2.35 bits per heavy atom. The molecule has 5 nitrogen and oxygen atoms in total. The highest BCUT2D eigenvalue weighted by molar-refractivity contribution is 5.69. The molecule has 0 bridgehead atoms. The Labute approximate surface area is 119 Å². The minimum Gasteiger partial charge on any atom is -0.497 e. The van der Waals surface area contributed by atoms with Crippen LogP contribution in [-0.2, 0) is 4.74 Å². The first-order valence-electron chi connectivity index (χ1n) is 6.76. The van der Waals surface area contributed by atoms with E-state index in [4.69, 9.17) is 9.47 Å². The highest BCUT2D eigenvalue weighted by Gasteiger charge is 2.33. The zero-order valence-corrected chi connectivity index (χ0v) is 12.5. The van der Waals surface area contributed by atoms with E-state index in [-0.39, 0.29) is 12.1 Å². The van der Waals surface area contributed by atoms with E-state index in [0.717, 1.165) is 11.4 Å². The van der Waals surface area contributed by atoms with Crippen LogP contribution in [0, 0.1) is 0 Å². The number of hydrogen-bond donors (Lipinski definition) is 1. The van der Waals surface area contributed by atoms with Gasteiger partial charge in [0, 0.05) is 18.8 Å². The monoisotopic (exact) mass is 278 g/mol. The number of carbonyl (C=O) groups excluding carboxylic acids is 1. The number of ether oxygens (including phenoxy) is 2. The second-order valence-electron chi connectivity index (χ2n) is 5.96. The number of nitrogens with zero attached hydrogens (tertiary/aromatic N) is 1. The van der Waals surface area contributed by atoms with Crippen LogP contribution >= 0.6 is 0 Å². The molecular formula is C15H22N2O3. The number of carbonyl (C=O) groups is 1. The second-order valence-corrected chi connectivity index (χ2v) is 5.96. The summed E-state index contributed by atoms with van der Waals surface area (Å²) in [5.74, 6) is 0.833. The van der Waals surface area contributed by atoms with E-state index >= 15 is 0 Å². The molecule has 0 unspecified atom stereocenters. The van der Waals surface area contributed by atoms with Gasteiger partial charge in [-0.15, -0.1) is 0 Å². The molecule has 0 atom stereocenters. The predicted molar refractivity (Wildman–Crippen MR) is 78.2 cm³/mol. The summed E-state index contributed by atoms with van der Waals surface area (Å²) in [5.41, 5.74) is 0.589. The van der Waals surface area contributed by atoms with Crippen LogP contribution in [0.4, 0.5) is 10.5 Å². The molecule has 110 valence electrons. The predicted octanol–water partition coefficient (Wildman–Crippen LogP) is 2.73. The highest BCUT2D eigenvalue weighted by Crippen LogP contribution is 2.20. The lowest BCUT2D eigenvalue weighted by molar-refractivity contribution is 0.0105. The van der Waals surface area contributed by atoms with Crippen molar-refractivity contribution in [3.63, 3.8) is 0 Å². The molecule has 1 heterocycles. The first kappa shape index (κ1) is 14.5. The SMILES string of the molecule is COc1ccc(NC2CN(C(=O)OC(C)(C)C)C2)cc1. The Kier molecular flexibility index (Phi) is 4.06. The van der Waals surface area contributed by atoms with Gasteiger partial charge in [-0.2, -0.15) is 0 Å². The summed E-state index contributed by atoms with van der Waals surface area (Å²) < 4.78 is 10.4. The van der Waals surface area contributed by atoms with Gasteiger partial charge in [-0.05, 0) is 45.0 Å². The summed E-state index contributed by atoms with van der Waals surface area (Å²) in [7, 11) is 1.65. The minimum absolute atomic E-state index is 0.245. The van der Waals surface area contributed by atoms with Crippen molar-refractivity contribution in [2.24, 2.45) is 0 Å². The zero-order valence-electron chi connectivity index (χ0n) is 12.5. The van der Waals surface area contributed by atoms with Gasteiger partial charge < -0.3 is 19.7 Å². The number of likely N-dealkylation sites (tertiary alicyclic amines) is 1. The topological polar surface area (TPSA) is 50.8 Å². The first-order chi connectivity index (χ1) is 9.37. The Morgan fingerprint density at radius 1 is 1.25 bits per heavy atom. The number of hydrogen-bond acceptors (Lipinski definition) is 4. The van der Waals surface area contributed by atoms with Crippen molar-refractivity contribution < 1.29 is 14.3 Å². The third-order valence-corrected chi connectivity index (χ3v) is 2.99. The molecule has 20 heavy (non-hydrogen) atoms. The molecule has 0 saturated carbocycles. The maximum atomic E-state index is 11.8. The molecule has 0 spiro atoms. The lowest BCUT2D eigenvalue weighted by atomic mass is 10.1. The van der Waals surface area contributed by atoms with Crippen molar-refractivity contribution in [3.05, 3.63) is 24.3 Å². The number of benzene rings is 1. The Hall–Kier alpha value is -1.91. The van der Waals surface area contributed by atoms with Crippen LogP contribution in [-0.4, -0.2) is 42.8 Å². The van der Waals surface area contributed by atoms with Crippen LogP contribution < -0.4 is 10.1 Å². The smallest absolute Gasteiger partial charge is 0.410 e. The molecule has 2 rings (SSSR count). The summed E-state index contributed by atoms with van der Waals surface area (Å²) in [6.45, 7) is 6.95. The van der Waals surface area contributed by atoms with Crippen molar-refractivity contribution in [2.75, 3.05) is 25.5 Å². The van der Waals surface area contributed by atoms with Gasteiger partial charge in [-0.25, -0.2) is 4.79 Å². The average Bonchev–Trinajstić information content (AvgIpc) is 2.31. The fourth-order valence-electron chi connectivity index (χ4n) is 1.97. The molecule has 1 amide bonds. The van der Waals surface area contributed by atoms with E-state index in [1.165, 1.54) is 0 Å². The summed E-state index contributed by atoms with van der Waals surface area (Å²) in [6.07, 6.45) is -0.245. The highest BCUT2D eigenvalue weighted by atomic mass is 16.6. The lowest BCUT2D eigenvalue weighted by Gasteiger charge is -2.40. The molecule has 1 saturated heterocycles.